The molecule has 0 saturated carbocycles. The number of nitrogens with zero attached hydrogens (tertiary/aromatic N) is 3. The molecule has 0 bridgehead atoms. The predicted octanol–water partition coefficient (Wildman–Crippen LogP) is 4.10. The van der Waals surface area contributed by atoms with Gasteiger partial charge in [-0.3, -0.25) is 0 Å². The second kappa shape index (κ2) is 7.39. The fraction of sp³-hybridized carbons (Fsp3) is 0.381. The number of carbonyl (C=O) groups excluding carboxylic acids is 1. The highest BCUT2D eigenvalue weighted by molar-refractivity contribution is 7.20. The van der Waals surface area contributed by atoms with Gasteiger partial charge in [0, 0.05) is 19.0 Å². The molecular weight excluding hydrogens is 374 g/mol. The number of thiophene rings is 1. The molecule has 2 aromatic heterocycles. The standard InChI is InChI=1S/C21H23N3O3S/c1-12-17-19(22-13(2)23-20(17)28-18(12)21(25)27-4)24-10-9-14(11-24)15-7-5-6-8-16(15)26-3/h5-8,14H,9-11H2,1-4H3. The van der Waals surface area contributed by atoms with Crippen LogP contribution in [0.25, 0.3) is 10.2 Å². The lowest BCUT2D eigenvalue weighted by Gasteiger charge is -2.20. The molecule has 0 aliphatic carbocycles. The molecule has 146 valence electrons. The molecule has 3 aromatic rings. The van der Waals surface area contributed by atoms with E-state index < -0.39 is 0 Å². The Bertz CT molecular complexity index is 1050. The summed E-state index contributed by atoms with van der Waals surface area (Å²) in [7, 11) is 3.12. The first-order chi connectivity index (χ1) is 13.5. The zero-order valence-corrected chi connectivity index (χ0v) is 17.3. The van der Waals surface area contributed by atoms with Gasteiger partial charge in [0.15, 0.2) is 0 Å². The van der Waals surface area contributed by atoms with Crippen LogP contribution < -0.4 is 9.64 Å². The minimum atomic E-state index is -0.322. The number of ether oxygens (including phenoxy) is 2. The van der Waals surface area contributed by atoms with Gasteiger partial charge < -0.3 is 14.4 Å². The summed E-state index contributed by atoms with van der Waals surface area (Å²) >= 11 is 1.37. The van der Waals surface area contributed by atoms with Crippen molar-refractivity contribution in [1.29, 1.82) is 0 Å². The van der Waals surface area contributed by atoms with E-state index in [9.17, 15) is 4.79 Å². The molecule has 3 heterocycles. The Morgan fingerprint density at radius 1 is 1.21 bits per heavy atom. The Morgan fingerprint density at radius 3 is 2.75 bits per heavy atom. The first-order valence-corrected chi connectivity index (χ1v) is 10.1. The summed E-state index contributed by atoms with van der Waals surface area (Å²) < 4.78 is 10.5. The van der Waals surface area contributed by atoms with Gasteiger partial charge in [-0.15, -0.1) is 11.3 Å². The summed E-state index contributed by atoms with van der Waals surface area (Å²) in [6.45, 7) is 5.59. The minimum absolute atomic E-state index is 0.322. The number of anilines is 1. The average Bonchev–Trinajstić information content (AvgIpc) is 3.32. The molecule has 1 saturated heterocycles. The van der Waals surface area contributed by atoms with E-state index in [0.717, 1.165) is 46.9 Å². The molecule has 1 aliphatic heterocycles. The number of hydrogen-bond donors (Lipinski definition) is 0. The van der Waals surface area contributed by atoms with Crippen molar-refractivity contribution in [3.63, 3.8) is 0 Å². The van der Waals surface area contributed by atoms with Gasteiger partial charge in [0.25, 0.3) is 0 Å². The molecule has 4 rings (SSSR count). The van der Waals surface area contributed by atoms with E-state index in [1.807, 2.05) is 26.0 Å². The average molecular weight is 398 g/mol. The van der Waals surface area contributed by atoms with E-state index in [4.69, 9.17) is 14.5 Å². The van der Waals surface area contributed by atoms with E-state index in [2.05, 4.69) is 22.0 Å². The van der Waals surface area contributed by atoms with Crippen LogP contribution in [-0.2, 0) is 4.74 Å². The molecule has 1 aliphatic rings. The van der Waals surface area contributed by atoms with Gasteiger partial charge in [0.05, 0.1) is 19.6 Å². The summed E-state index contributed by atoms with van der Waals surface area (Å²) in [5.41, 5.74) is 2.12. The lowest BCUT2D eigenvalue weighted by Crippen LogP contribution is -2.21. The summed E-state index contributed by atoms with van der Waals surface area (Å²) in [5, 5.41) is 0.955. The van der Waals surface area contributed by atoms with Gasteiger partial charge in [-0.05, 0) is 37.5 Å². The summed E-state index contributed by atoms with van der Waals surface area (Å²) in [6, 6.07) is 8.20. The third-order valence-corrected chi connectivity index (χ3v) is 6.49. The molecule has 0 radical (unpaired) electrons. The molecule has 0 N–H and O–H groups in total. The van der Waals surface area contributed by atoms with Gasteiger partial charge in [0.2, 0.25) is 0 Å². The van der Waals surface area contributed by atoms with Crippen LogP contribution in [0.15, 0.2) is 24.3 Å². The lowest BCUT2D eigenvalue weighted by molar-refractivity contribution is 0.0605. The highest BCUT2D eigenvalue weighted by Gasteiger charge is 2.30. The number of esters is 1. The fourth-order valence-electron chi connectivity index (χ4n) is 3.95. The van der Waals surface area contributed by atoms with Gasteiger partial charge in [0.1, 0.15) is 27.1 Å². The summed E-state index contributed by atoms with van der Waals surface area (Å²) in [5.74, 6) is 2.60. The minimum Gasteiger partial charge on any atom is -0.496 e. The number of hydrogen-bond acceptors (Lipinski definition) is 7. The topological polar surface area (TPSA) is 64.5 Å². The van der Waals surface area contributed by atoms with Crippen LogP contribution >= 0.6 is 11.3 Å². The third-order valence-electron chi connectivity index (χ3n) is 5.32. The number of rotatable bonds is 4. The van der Waals surface area contributed by atoms with Crippen LogP contribution in [0.3, 0.4) is 0 Å². The van der Waals surface area contributed by atoms with E-state index in [0.29, 0.717) is 16.6 Å². The Labute approximate surface area is 168 Å². The monoisotopic (exact) mass is 397 g/mol. The van der Waals surface area contributed by atoms with Crippen LogP contribution in [0.1, 0.15) is 39.0 Å². The molecule has 28 heavy (non-hydrogen) atoms. The second-order valence-corrected chi connectivity index (χ2v) is 7.99. The number of para-hydroxylation sites is 1. The molecule has 1 unspecified atom stereocenters. The Balaban J connectivity index is 1.73. The molecule has 1 aromatic carbocycles. The van der Waals surface area contributed by atoms with Crippen LogP contribution in [0.5, 0.6) is 5.75 Å². The van der Waals surface area contributed by atoms with E-state index >= 15 is 0 Å². The van der Waals surface area contributed by atoms with Gasteiger partial charge in [-0.25, -0.2) is 14.8 Å². The zero-order chi connectivity index (χ0) is 19.8. The summed E-state index contributed by atoms with van der Waals surface area (Å²) in [4.78, 5) is 25.2. The zero-order valence-electron chi connectivity index (χ0n) is 16.5. The van der Waals surface area contributed by atoms with Crippen molar-refractivity contribution in [2.75, 3.05) is 32.2 Å². The number of aromatic nitrogens is 2. The van der Waals surface area contributed by atoms with Crippen molar-refractivity contribution in [3.05, 3.63) is 46.1 Å². The largest absolute Gasteiger partial charge is 0.496 e. The van der Waals surface area contributed by atoms with Crippen LogP contribution in [0, 0.1) is 13.8 Å². The molecule has 6 nitrogen and oxygen atoms in total. The second-order valence-electron chi connectivity index (χ2n) is 7.00. The number of benzene rings is 1. The first-order valence-electron chi connectivity index (χ1n) is 9.27. The van der Waals surface area contributed by atoms with Crippen molar-refractivity contribution < 1.29 is 14.3 Å². The predicted molar refractivity (Wildman–Crippen MR) is 111 cm³/mol. The summed E-state index contributed by atoms with van der Waals surface area (Å²) in [6.07, 6.45) is 1.03. The molecule has 0 amide bonds. The van der Waals surface area contributed by atoms with E-state index in [-0.39, 0.29) is 5.97 Å². The molecule has 1 fully saturated rings. The number of fused-ring (bicyclic) bond motifs is 1. The maximum Gasteiger partial charge on any atom is 0.348 e. The lowest BCUT2D eigenvalue weighted by atomic mass is 9.97. The Hall–Kier alpha value is -2.67. The molecule has 1 atom stereocenters. The van der Waals surface area contributed by atoms with Crippen molar-refractivity contribution in [2.24, 2.45) is 0 Å². The number of aryl methyl sites for hydroxylation is 2. The fourth-order valence-corrected chi connectivity index (χ4v) is 5.09. The quantitative estimate of drug-likeness (QED) is 0.618. The normalized spacial score (nSPS) is 16.6. The van der Waals surface area contributed by atoms with Gasteiger partial charge in [-0.2, -0.15) is 0 Å². The molecule has 7 heteroatoms. The Morgan fingerprint density at radius 2 is 2.00 bits per heavy atom. The van der Waals surface area contributed by atoms with Crippen molar-refractivity contribution in [2.45, 2.75) is 26.2 Å². The highest BCUT2D eigenvalue weighted by atomic mass is 32.1. The van der Waals surface area contributed by atoms with Crippen molar-refractivity contribution in [1.82, 2.24) is 9.97 Å². The molecular formula is C21H23N3O3S. The molecule has 0 spiro atoms. The van der Waals surface area contributed by atoms with Crippen LogP contribution in [0.2, 0.25) is 0 Å². The van der Waals surface area contributed by atoms with Gasteiger partial charge in [-0.1, -0.05) is 18.2 Å². The van der Waals surface area contributed by atoms with Gasteiger partial charge >= 0.3 is 5.97 Å². The highest BCUT2D eigenvalue weighted by Crippen LogP contribution is 2.40. The Kier molecular flexibility index (Phi) is 4.93. The number of carbonyl (C=O) groups is 1. The smallest absolute Gasteiger partial charge is 0.348 e. The SMILES string of the molecule is COC(=O)c1sc2nc(C)nc(N3CCC(c4ccccc4OC)C3)c2c1C. The van der Waals surface area contributed by atoms with Crippen molar-refractivity contribution in [3.8, 4) is 5.75 Å². The first kappa shape index (κ1) is 18.7. The van der Waals surface area contributed by atoms with Crippen molar-refractivity contribution >= 4 is 33.3 Å². The van der Waals surface area contributed by atoms with E-state index in [1.54, 1.807) is 7.11 Å². The van der Waals surface area contributed by atoms with E-state index in [1.165, 1.54) is 24.0 Å². The maximum absolute atomic E-state index is 12.1. The number of methoxy groups -OCH3 is 2. The third kappa shape index (κ3) is 3.09. The van der Waals surface area contributed by atoms with Crippen LogP contribution in [0.4, 0.5) is 5.82 Å². The van der Waals surface area contributed by atoms with Crippen LogP contribution in [-0.4, -0.2) is 43.2 Å². The maximum atomic E-state index is 12.1.